The maximum Gasteiger partial charge on any atom is 0.416 e. The monoisotopic (exact) mass is 322 g/mol. The van der Waals surface area contributed by atoms with Gasteiger partial charge in [0.25, 0.3) is 0 Å². The number of rotatable bonds is 6. The molecule has 0 aliphatic carbocycles. The van der Waals surface area contributed by atoms with E-state index in [4.69, 9.17) is 0 Å². The van der Waals surface area contributed by atoms with E-state index < -0.39 is 11.7 Å². The normalized spacial score (nSPS) is 13.3. The SMILES string of the molecule is CN(C)C(CNCc1ccccc1)c1ccc(C(F)(F)F)cc1. The maximum atomic E-state index is 12.6. The molecule has 0 fully saturated rings. The van der Waals surface area contributed by atoms with Crippen molar-refractivity contribution in [2.24, 2.45) is 0 Å². The van der Waals surface area contributed by atoms with Crippen LogP contribution in [0.4, 0.5) is 13.2 Å². The Kier molecular flexibility index (Phi) is 5.80. The molecule has 1 unspecified atom stereocenters. The number of hydrogen-bond acceptors (Lipinski definition) is 2. The van der Waals surface area contributed by atoms with Gasteiger partial charge in [-0.25, -0.2) is 0 Å². The second-order valence-electron chi connectivity index (χ2n) is 5.72. The Balaban J connectivity index is 2.01. The minimum Gasteiger partial charge on any atom is -0.311 e. The van der Waals surface area contributed by atoms with Crippen molar-refractivity contribution in [1.82, 2.24) is 10.2 Å². The fraction of sp³-hybridized carbons (Fsp3) is 0.333. The zero-order valence-corrected chi connectivity index (χ0v) is 13.3. The molecule has 1 N–H and O–H groups in total. The predicted octanol–water partition coefficient (Wildman–Crippen LogP) is 4.10. The second kappa shape index (κ2) is 7.62. The first-order chi connectivity index (χ1) is 10.9. The Bertz CT molecular complexity index is 592. The summed E-state index contributed by atoms with van der Waals surface area (Å²) in [6, 6.07) is 15.4. The van der Waals surface area contributed by atoms with E-state index in [0.717, 1.165) is 24.2 Å². The van der Waals surface area contributed by atoms with E-state index in [1.807, 2.05) is 49.3 Å². The van der Waals surface area contributed by atoms with Gasteiger partial charge in [0.05, 0.1) is 5.56 Å². The Morgan fingerprint density at radius 3 is 2.09 bits per heavy atom. The zero-order chi connectivity index (χ0) is 16.9. The number of hydrogen-bond donors (Lipinski definition) is 1. The van der Waals surface area contributed by atoms with E-state index in [1.54, 1.807) is 12.1 Å². The van der Waals surface area contributed by atoms with Crippen molar-refractivity contribution in [3.63, 3.8) is 0 Å². The number of likely N-dealkylation sites (N-methyl/N-ethyl adjacent to an activating group) is 1. The highest BCUT2D eigenvalue weighted by atomic mass is 19.4. The van der Waals surface area contributed by atoms with Crippen molar-refractivity contribution in [2.45, 2.75) is 18.8 Å². The average molecular weight is 322 g/mol. The number of halogens is 3. The number of nitrogens with one attached hydrogen (secondary N) is 1. The molecule has 0 radical (unpaired) electrons. The van der Waals surface area contributed by atoms with Crippen LogP contribution in [0.1, 0.15) is 22.7 Å². The highest BCUT2D eigenvalue weighted by Crippen LogP contribution is 2.30. The molecule has 2 aromatic carbocycles. The summed E-state index contributed by atoms with van der Waals surface area (Å²) in [6.45, 7) is 1.39. The first-order valence-corrected chi connectivity index (χ1v) is 7.46. The van der Waals surface area contributed by atoms with Gasteiger partial charge in [-0.15, -0.1) is 0 Å². The lowest BCUT2D eigenvalue weighted by atomic mass is 10.0. The molecule has 0 bridgehead atoms. The van der Waals surface area contributed by atoms with Crippen molar-refractivity contribution in [3.05, 3.63) is 71.3 Å². The Morgan fingerprint density at radius 1 is 0.957 bits per heavy atom. The highest BCUT2D eigenvalue weighted by Gasteiger charge is 2.30. The first-order valence-electron chi connectivity index (χ1n) is 7.46. The topological polar surface area (TPSA) is 15.3 Å². The van der Waals surface area contributed by atoms with Gasteiger partial charge in [-0.3, -0.25) is 0 Å². The summed E-state index contributed by atoms with van der Waals surface area (Å²) >= 11 is 0. The van der Waals surface area contributed by atoms with Crippen LogP contribution in [-0.4, -0.2) is 25.5 Å². The highest BCUT2D eigenvalue weighted by molar-refractivity contribution is 5.27. The largest absolute Gasteiger partial charge is 0.416 e. The van der Waals surface area contributed by atoms with Crippen LogP contribution in [0.3, 0.4) is 0 Å². The molecule has 0 saturated carbocycles. The van der Waals surface area contributed by atoms with E-state index in [0.29, 0.717) is 6.54 Å². The van der Waals surface area contributed by atoms with Crippen LogP contribution in [0, 0.1) is 0 Å². The van der Waals surface area contributed by atoms with Crippen LogP contribution < -0.4 is 5.32 Å². The van der Waals surface area contributed by atoms with Crippen molar-refractivity contribution >= 4 is 0 Å². The molecule has 2 rings (SSSR count). The average Bonchev–Trinajstić information content (AvgIpc) is 2.51. The van der Waals surface area contributed by atoms with Gasteiger partial charge in [0.2, 0.25) is 0 Å². The van der Waals surface area contributed by atoms with E-state index in [2.05, 4.69) is 5.32 Å². The van der Waals surface area contributed by atoms with Crippen LogP contribution in [-0.2, 0) is 12.7 Å². The third-order valence-corrected chi connectivity index (χ3v) is 3.76. The molecule has 0 aliphatic heterocycles. The Labute approximate surface area is 134 Å². The quantitative estimate of drug-likeness (QED) is 0.861. The van der Waals surface area contributed by atoms with Crippen molar-refractivity contribution in [3.8, 4) is 0 Å². The molecule has 23 heavy (non-hydrogen) atoms. The summed E-state index contributed by atoms with van der Waals surface area (Å²) in [5, 5.41) is 3.36. The molecule has 0 aliphatic rings. The van der Waals surface area contributed by atoms with Gasteiger partial charge in [0, 0.05) is 19.1 Å². The van der Waals surface area contributed by atoms with Crippen LogP contribution in [0.2, 0.25) is 0 Å². The smallest absolute Gasteiger partial charge is 0.311 e. The first kappa shape index (κ1) is 17.5. The summed E-state index contributed by atoms with van der Waals surface area (Å²) in [5.74, 6) is 0. The fourth-order valence-corrected chi connectivity index (χ4v) is 2.44. The summed E-state index contributed by atoms with van der Waals surface area (Å²) in [4.78, 5) is 2.00. The molecule has 1 atom stereocenters. The summed E-state index contributed by atoms with van der Waals surface area (Å²) in [7, 11) is 3.85. The molecular formula is C18H21F3N2. The fourth-order valence-electron chi connectivity index (χ4n) is 2.44. The lowest BCUT2D eigenvalue weighted by Gasteiger charge is -2.25. The lowest BCUT2D eigenvalue weighted by molar-refractivity contribution is -0.137. The van der Waals surface area contributed by atoms with Crippen LogP contribution >= 0.6 is 0 Å². The summed E-state index contributed by atoms with van der Waals surface area (Å²) in [6.07, 6.45) is -4.29. The molecule has 2 aromatic rings. The van der Waals surface area contributed by atoms with Gasteiger partial charge in [-0.05, 0) is 37.4 Å². The third kappa shape index (κ3) is 5.08. The molecule has 0 aromatic heterocycles. The number of nitrogens with zero attached hydrogens (tertiary/aromatic N) is 1. The van der Waals surface area contributed by atoms with Crippen LogP contribution in [0.25, 0.3) is 0 Å². The predicted molar refractivity (Wildman–Crippen MR) is 86.0 cm³/mol. The Hall–Kier alpha value is -1.85. The van der Waals surface area contributed by atoms with Gasteiger partial charge in [-0.2, -0.15) is 13.2 Å². The molecule has 0 saturated heterocycles. The van der Waals surface area contributed by atoms with E-state index in [1.165, 1.54) is 5.56 Å². The summed E-state index contributed by atoms with van der Waals surface area (Å²) in [5.41, 5.74) is 1.43. The summed E-state index contributed by atoms with van der Waals surface area (Å²) < 4.78 is 37.9. The third-order valence-electron chi connectivity index (χ3n) is 3.76. The molecule has 0 heterocycles. The Morgan fingerprint density at radius 2 is 1.57 bits per heavy atom. The zero-order valence-electron chi connectivity index (χ0n) is 13.3. The molecule has 2 nitrogen and oxygen atoms in total. The molecule has 124 valence electrons. The second-order valence-corrected chi connectivity index (χ2v) is 5.72. The van der Waals surface area contributed by atoms with Gasteiger partial charge in [-0.1, -0.05) is 42.5 Å². The molecule has 5 heteroatoms. The minimum atomic E-state index is -4.29. The van der Waals surface area contributed by atoms with Crippen molar-refractivity contribution in [2.75, 3.05) is 20.6 Å². The number of alkyl halides is 3. The van der Waals surface area contributed by atoms with Gasteiger partial charge >= 0.3 is 6.18 Å². The van der Waals surface area contributed by atoms with Crippen LogP contribution in [0.5, 0.6) is 0 Å². The van der Waals surface area contributed by atoms with Crippen molar-refractivity contribution in [1.29, 1.82) is 0 Å². The van der Waals surface area contributed by atoms with E-state index in [9.17, 15) is 13.2 Å². The van der Waals surface area contributed by atoms with Crippen LogP contribution in [0.15, 0.2) is 54.6 Å². The lowest BCUT2D eigenvalue weighted by Crippen LogP contribution is -2.30. The minimum absolute atomic E-state index is 0.0148. The van der Waals surface area contributed by atoms with Crippen molar-refractivity contribution < 1.29 is 13.2 Å². The molecular weight excluding hydrogens is 301 g/mol. The maximum absolute atomic E-state index is 12.6. The number of benzene rings is 2. The van der Waals surface area contributed by atoms with E-state index in [-0.39, 0.29) is 6.04 Å². The van der Waals surface area contributed by atoms with E-state index >= 15 is 0 Å². The van der Waals surface area contributed by atoms with Gasteiger partial charge < -0.3 is 10.2 Å². The molecule has 0 spiro atoms. The van der Waals surface area contributed by atoms with Gasteiger partial charge in [0.1, 0.15) is 0 Å². The van der Waals surface area contributed by atoms with Gasteiger partial charge in [0.15, 0.2) is 0 Å². The molecule has 0 amide bonds. The standard InChI is InChI=1S/C18H21F3N2/c1-23(2)17(13-22-12-14-6-4-3-5-7-14)15-8-10-16(11-9-15)18(19,20)21/h3-11,17,22H,12-13H2,1-2H3.